The quantitative estimate of drug-likeness (QED) is 0.155. The van der Waals surface area contributed by atoms with E-state index >= 15 is 0 Å². The zero-order valence-corrected chi connectivity index (χ0v) is 19.9. The molecule has 1 saturated heterocycles. The van der Waals surface area contributed by atoms with Gasteiger partial charge in [0.1, 0.15) is 29.9 Å². The Morgan fingerprint density at radius 1 is 1.12 bits per heavy atom. The van der Waals surface area contributed by atoms with Crippen LogP contribution in [-0.2, 0) is 16.0 Å². The number of nitrogens with one attached hydrogen (secondary N) is 2. The average Bonchev–Trinajstić information content (AvgIpc) is 3.11. The van der Waals surface area contributed by atoms with E-state index in [0.717, 1.165) is 48.6 Å². The van der Waals surface area contributed by atoms with E-state index in [9.17, 15) is 25.7 Å². The van der Waals surface area contributed by atoms with Crippen molar-refractivity contribution in [3.63, 3.8) is 0 Å². The van der Waals surface area contributed by atoms with Gasteiger partial charge in [0.2, 0.25) is 0 Å². The molecule has 1 aliphatic carbocycles. The Labute approximate surface area is 203 Å². The molecule has 0 bridgehead atoms. The zero-order valence-electron chi connectivity index (χ0n) is 19.1. The van der Waals surface area contributed by atoms with Crippen LogP contribution in [-0.4, -0.2) is 91.1 Å². The maximum absolute atomic E-state index is 10.4. The predicted molar refractivity (Wildman–Crippen MR) is 130 cm³/mol. The number of para-hydroxylation sites is 1. The number of benzene rings is 1. The van der Waals surface area contributed by atoms with Crippen LogP contribution < -0.4 is 5.32 Å². The van der Waals surface area contributed by atoms with Gasteiger partial charge in [0.25, 0.3) is 0 Å². The van der Waals surface area contributed by atoms with Crippen LogP contribution in [0.5, 0.6) is 0 Å². The van der Waals surface area contributed by atoms with Crippen LogP contribution in [0.3, 0.4) is 0 Å². The van der Waals surface area contributed by atoms with E-state index in [0.29, 0.717) is 6.42 Å². The second-order valence-corrected chi connectivity index (χ2v) is 10.8. The summed E-state index contributed by atoms with van der Waals surface area (Å²) in [4.78, 5) is 7.83. The Morgan fingerprint density at radius 3 is 2.71 bits per heavy atom. The molecule has 1 aromatic carbocycles. The fraction of sp³-hybridized carbons (Fsp3) is 0.667. The van der Waals surface area contributed by atoms with Crippen molar-refractivity contribution in [1.82, 2.24) is 10.3 Å². The van der Waals surface area contributed by atoms with Gasteiger partial charge in [0.05, 0.1) is 13.2 Å². The monoisotopic (exact) mass is 496 g/mol. The smallest absolute Gasteiger partial charge is 0.132 e. The number of H-pyrrole nitrogens is 1. The van der Waals surface area contributed by atoms with Crippen molar-refractivity contribution >= 4 is 22.7 Å². The molecule has 1 aliphatic heterocycles. The van der Waals surface area contributed by atoms with Crippen LogP contribution in [0.2, 0.25) is 0 Å². The number of aliphatic hydroxyl groups excluding tert-OH is 4. The van der Waals surface area contributed by atoms with Crippen LogP contribution in [0.15, 0.2) is 30.5 Å². The maximum atomic E-state index is 10.4. The Balaban J connectivity index is 1.39. The van der Waals surface area contributed by atoms with Gasteiger partial charge in [0, 0.05) is 34.4 Å². The highest BCUT2D eigenvalue weighted by Gasteiger charge is 2.44. The first kappa shape index (κ1) is 25.9. The number of hydrogen-bond acceptors (Lipinski definition) is 9. The average molecular weight is 497 g/mol. The highest BCUT2D eigenvalue weighted by molar-refractivity contribution is 8.00. The zero-order chi connectivity index (χ0) is 24.1. The summed E-state index contributed by atoms with van der Waals surface area (Å²) in [6.45, 7) is -0.256. The number of hydrogen-bond donors (Lipinski definition) is 7. The van der Waals surface area contributed by atoms with E-state index in [2.05, 4.69) is 21.3 Å². The third-order valence-electron chi connectivity index (χ3n) is 6.94. The lowest BCUT2D eigenvalue weighted by Gasteiger charge is -2.41. The van der Waals surface area contributed by atoms with Crippen LogP contribution in [0.25, 0.3) is 10.9 Å². The normalized spacial score (nSPS) is 33.6. The third kappa shape index (κ3) is 6.13. The molecule has 1 saturated carbocycles. The molecule has 7 N–H and O–H groups in total. The molecule has 0 radical (unpaired) electrons. The summed E-state index contributed by atoms with van der Waals surface area (Å²) in [6.07, 6.45) is 2.74. The summed E-state index contributed by atoms with van der Waals surface area (Å²) in [6, 6.07) is 8.23. The summed E-state index contributed by atoms with van der Waals surface area (Å²) >= 11 is 1.46. The van der Waals surface area contributed by atoms with Crippen LogP contribution in [0.1, 0.15) is 37.7 Å². The lowest BCUT2D eigenvalue weighted by molar-refractivity contribution is -0.246. The van der Waals surface area contributed by atoms with Crippen molar-refractivity contribution in [2.75, 3.05) is 13.2 Å². The molecule has 0 spiro atoms. The van der Waals surface area contributed by atoms with Crippen molar-refractivity contribution in [2.24, 2.45) is 0 Å². The van der Waals surface area contributed by atoms with Crippen LogP contribution in [0, 0.1) is 0 Å². The summed E-state index contributed by atoms with van der Waals surface area (Å²) in [5.74, 6) is 0. The fourth-order valence-electron chi connectivity index (χ4n) is 5.12. The van der Waals surface area contributed by atoms with Crippen molar-refractivity contribution in [1.29, 1.82) is 0 Å². The van der Waals surface area contributed by atoms with Gasteiger partial charge >= 0.3 is 0 Å². The highest BCUT2D eigenvalue weighted by atomic mass is 32.2. The molecule has 34 heavy (non-hydrogen) atoms. The van der Waals surface area contributed by atoms with Gasteiger partial charge in [-0.2, -0.15) is 0 Å². The first-order chi connectivity index (χ1) is 16.5. The SMILES string of the molecule is OCC1O[C@@H](SC2CCCCC(N[C@H](COO)Cc3c[nH]c4ccccc34)C2)C(O)C(O)[C@H]1O. The topological polar surface area (TPSA) is 147 Å². The number of aromatic amines is 1. The van der Waals surface area contributed by atoms with Gasteiger partial charge < -0.3 is 35.5 Å². The van der Waals surface area contributed by atoms with Crippen LogP contribution >= 0.6 is 11.8 Å². The number of aromatic nitrogens is 1. The number of rotatable bonds is 9. The van der Waals surface area contributed by atoms with E-state index in [1.807, 2.05) is 24.4 Å². The largest absolute Gasteiger partial charge is 0.394 e. The molecule has 5 unspecified atom stereocenters. The molecular weight excluding hydrogens is 460 g/mol. The molecule has 4 rings (SSSR count). The second-order valence-electron chi connectivity index (χ2n) is 9.40. The molecule has 2 heterocycles. The molecule has 9 nitrogen and oxygen atoms in total. The minimum absolute atomic E-state index is 0.0785. The molecule has 2 aromatic rings. The Morgan fingerprint density at radius 2 is 1.91 bits per heavy atom. The van der Waals surface area contributed by atoms with Gasteiger partial charge in [0.15, 0.2) is 0 Å². The molecule has 10 heteroatoms. The van der Waals surface area contributed by atoms with Gasteiger partial charge in [-0.05, 0) is 37.3 Å². The second kappa shape index (κ2) is 12.2. The van der Waals surface area contributed by atoms with Crippen LogP contribution in [0.4, 0.5) is 0 Å². The van der Waals surface area contributed by atoms with E-state index < -0.39 is 36.5 Å². The van der Waals surface area contributed by atoms with E-state index in [4.69, 9.17) is 4.74 Å². The first-order valence-corrected chi connectivity index (χ1v) is 13.0. The number of thioether (sulfide) groups is 1. The molecule has 1 aromatic heterocycles. The van der Waals surface area contributed by atoms with Gasteiger partial charge in [-0.25, -0.2) is 4.89 Å². The van der Waals surface area contributed by atoms with E-state index in [-0.39, 0.29) is 23.9 Å². The molecule has 2 aliphatic rings. The maximum Gasteiger partial charge on any atom is 0.132 e. The molecule has 2 fully saturated rings. The predicted octanol–water partition coefficient (Wildman–Crippen LogP) is 1.39. The van der Waals surface area contributed by atoms with Crippen molar-refractivity contribution in [3.8, 4) is 0 Å². The third-order valence-corrected chi connectivity index (χ3v) is 8.41. The summed E-state index contributed by atoms with van der Waals surface area (Å²) in [5, 5.41) is 54.3. The van der Waals surface area contributed by atoms with Gasteiger partial charge in [-0.3, -0.25) is 5.26 Å². The Kier molecular flexibility index (Phi) is 9.25. The van der Waals surface area contributed by atoms with E-state index in [1.165, 1.54) is 11.8 Å². The molecule has 8 atom stereocenters. The first-order valence-electron chi connectivity index (χ1n) is 12.0. The number of fused-ring (bicyclic) bond motifs is 1. The van der Waals surface area contributed by atoms with Crippen molar-refractivity contribution < 1.29 is 35.3 Å². The highest BCUT2D eigenvalue weighted by Crippen LogP contribution is 2.36. The Hall–Kier alpha value is -1.21. The minimum atomic E-state index is -1.36. The lowest BCUT2D eigenvalue weighted by atomic mass is 10.0. The van der Waals surface area contributed by atoms with Crippen molar-refractivity contribution in [2.45, 2.75) is 85.7 Å². The summed E-state index contributed by atoms with van der Waals surface area (Å²) in [5.41, 5.74) is 1.51. The number of aliphatic hydroxyl groups is 4. The molecule has 0 amide bonds. The standard InChI is InChI=1S/C24H36N2O7S/c27-12-20-21(28)22(29)23(30)24(33-20)34-17-6-2-1-5-15(10-17)26-16(13-32-31)9-14-11-25-19-8-4-3-7-18(14)19/h3-4,7-8,11,15-17,20-31H,1-2,5-6,9-10,12-13H2/t15?,16-,17?,20?,21-,22?,23?,24-/m0/s1. The van der Waals surface area contributed by atoms with Crippen molar-refractivity contribution in [3.05, 3.63) is 36.0 Å². The summed E-state index contributed by atoms with van der Waals surface area (Å²) < 4.78 is 5.72. The Bertz CT molecular complexity index is 897. The summed E-state index contributed by atoms with van der Waals surface area (Å²) in [7, 11) is 0. The number of ether oxygens (including phenoxy) is 1. The lowest BCUT2D eigenvalue weighted by Crippen LogP contribution is -2.57. The van der Waals surface area contributed by atoms with Gasteiger partial charge in [-0.1, -0.05) is 31.0 Å². The molecular formula is C24H36N2O7S. The van der Waals surface area contributed by atoms with E-state index in [1.54, 1.807) is 0 Å². The molecule has 190 valence electrons. The minimum Gasteiger partial charge on any atom is -0.394 e. The fourth-order valence-corrected chi connectivity index (χ4v) is 6.67. The van der Waals surface area contributed by atoms with Gasteiger partial charge in [-0.15, -0.1) is 11.8 Å².